The van der Waals surface area contributed by atoms with Crippen molar-refractivity contribution in [2.75, 3.05) is 24.7 Å². The van der Waals surface area contributed by atoms with Crippen molar-refractivity contribution in [3.05, 3.63) is 24.0 Å². The Morgan fingerprint density at radius 1 is 1.50 bits per heavy atom. The van der Waals surface area contributed by atoms with Crippen LogP contribution >= 0.6 is 0 Å². The van der Waals surface area contributed by atoms with Gasteiger partial charge in [0.05, 0.1) is 21.4 Å². The zero-order valence-corrected chi connectivity index (χ0v) is 10.1. The summed E-state index contributed by atoms with van der Waals surface area (Å²) in [5, 5.41) is 0. The molecule has 2 N–H and O–H groups in total. The highest BCUT2D eigenvalue weighted by Gasteiger charge is 2.08. The lowest BCUT2D eigenvalue weighted by molar-refractivity contribution is 0.149. The minimum atomic E-state index is -1.18. The highest BCUT2D eigenvalue weighted by molar-refractivity contribution is 7.85. The summed E-state index contributed by atoms with van der Waals surface area (Å²) in [5.74, 6) is 0.0723. The molecule has 0 spiro atoms. The van der Waals surface area contributed by atoms with E-state index in [0.29, 0.717) is 30.3 Å². The van der Waals surface area contributed by atoms with Crippen molar-refractivity contribution in [1.29, 1.82) is 0 Å². The average molecular weight is 245 g/mol. The van der Waals surface area contributed by atoms with Crippen molar-refractivity contribution in [2.45, 2.75) is 18.2 Å². The Kier molecular flexibility index (Phi) is 5.42. The van der Waals surface area contributed by atoms with E-state index in [1.54, 1.807) is 0 Å². The van der Waals surface area contributed by atoms with Gasteiger partial charge < -0.3 is 10.5 Å². The number of anilines is 1. The van der Waals surface area contributed by atoms with E-state index in [0.717, 1.165) is 0 Å². The molecule has 1 atom stereocenters. The Morgan fingerprint density at radius 3 is 2.88 bits per heavy atom. The van der Waals surface area contributed by atoms with Crippen molar-refractivity contribution in [3.63, 3.8) is 0 Å². The number of hydrogen-bond donors (Lipinski definition) is 1. The van der Waals surface area contributed by atoms with Crippen molar-refractivity contribution in [2.24, 2.45) is 0 Å². The molecular weight excluding hydrogens is 229 g/mol. The van der Waals surface area contributed by atoms with E-state index in [-0.39, 0.29) is 5.69 Å². The summed E-state index contributed by atoms with van der Waals surface area (Å²) in [4.78, 5) is 0.498. The molecule has 0 amide bonds. The summed E-state index contributed by atoms with van der Waals surface area (Å²) in [6.07, 6.45) is 0.706. The maximum absolute atomic E-state index is 12.8. The van der Waals surface area contributed by atoms with E-state index in [1.165, 1.54) is 18.2 Å². The maximum atomic E-state index is 12.8. The first kappa shape index (κ1) is 13.1. The summed E-state index contributed by atoms with van der Waals surface area (Å²) in [7, 11) is -1.18. The van der Waals surface area contributed by atoms with Gasteiger partial charge in [0.15, 0.2) is 0 Å². The fourth-order valence-electron chi connectivity index (χ4n) is 1.27. The van der Waals surface area contributed by atoms with Crippen molar-refractivity contribution < 1.29 is 13.3 Å². The van der Waals surface area contributed by atoms with E-state index in [2.05, 4.69) is 0 Å². The van der Waals surface area contributed by atoms with Crippen LogP contribution < -0.4 is 5.73 Å². The molecule has 0 radical (unpaired) electrons. The predicted octanol–water partition coefficient (Wildman–Crippen LogP) is 1.94. The molecule has 16 heavy (non-hydrogen) atoms. The molecule has 0 heterocycles. The Labute approximate surface area is 97.2 Å². The maximum Gasteiger partial charge on any atom is 0.125 e. The molecule has 0 aliphatic heterocycles. The molecule has 90 valence electrons. The third-order valence-corrected chi connectivity index (χ3v) is 3.56. The number of benzene rings is 1. The lowest BCUT2D eigenvalue weighted by atomic mass is 10.3. The first-order chi connectivity index (χ1) is 7.65. The van der Waals surface area contributed by atoms with Crippen LogP contribution in [-0.4, -0.2) is 23.2 Å². The Bertz CT molecular complexity index is 371. The molecule has 0 aliphatic carbocycles. The predicted molar refractivity (Wildman–Crippen MR) is 63.2 cm³/mol. The van der Waals surface area contributed by atoms with Crippen LogP contribution in [0, 0.1) is 5.82 Å². The number of nitrogens with two attached hydrogens (primary N) is 1. The Balaban J connectivity index is 2.53. The van der Waals surface area contributed by atoms with Crippen molar-refractivity contribution >= 4 is 16.5 Å². The van der Waals surface area contributed by atoms with Gasteiger partial charge in [-0.15, -0.1) is 0 Å². The van der Waals surface area contributed by atoms with Crippen LogP contribution in [0.4, 0.5) is 10.1 Å². The summed E-state index contributed by atoms with van der Waals surface area (Å²) in [5.41, 5.74) is 5.83. The van der Waals surface area contributed by atoms with E-state index in [1.807, 2.05) is 6.92 Å². The summed E-state index contributed by atoms with van der Waals surface area (Å²) < 4.78 is 29.7. The van der Waals surface area contributed by atoms with Crippen LogP contribution in [0.25, 0.3) is 0 Å². The van der Waals surface area contributed by atoms with Crippen LogP contribution in [-0.2, 0) is 15.5 Å². The van der Waals surface area contributed by atoms with Gasteiger partial charge in [-0.2, -0.15) is 0 Å². The van der Waals surface area contributed by atoms with E-state index in [9.17, 15) is 8.60 Å². The third-order valence-electron chi connectivity index (χ3n) is 2.04. The molecule has 1 unspecified atom stereocenters. The molecule has 1 aromatic carbocycles. The first-order valence-corrected chi connectivity index (χ1v) is 6.48. The minimum absolute atomic E-state index is 0.245. The molecule has 1 rings (SSSR count). The molecule has 0 fully saturated rings. The number of halogens is 1. The number of ether oxygens (including phenoxy) is 1. The van der Waals surface area contributed by atoms with Gasteiger partial charge in [0, 0.05) is 19.0 Å². The standard InChI is InChI=1S/C11H16FNO2S/c1-2-15-6-3-7-16(14)11-5-4-9(12)8-10(11)13/h4-5,8H,2-3,6-7,13H2,1H3. The van der Waals surface area contributed by atoms with Gasteiger partial charge in [-0.25, -0.2) is 4.39 Å². The number of nitrogen functional groups attached to an aromatic ring is 1. The zero-order valence-electron chi connectivity index (χ0n) is 9.24. The molecule has 0 aromatic heterocycles. The SMILES string of the molecule is CCOCCCS(=O)c1ccc(F)cc1N. The van der Waals surface area contributed by atoms with Gasteiger partial charge in [0.1, 0.15) is 5.82 Å². The molecule has 5 heteroatoms. The minimum Gasteiger partial charge on any atom is -0.398 e. The molecular formula is C11H16FNO2S. The van der Waals surface area contributed by atoms with Crippen molar-refractivity contribution in [3.8, 4) is 0 Å². The molecule has 1 aromatic rings. The van der Waals surface area contributed by atoms with E-state index < -0.39 is 16.6 Å². The van der Waals surface area contributed by atoms with Gasteiger partial charge in [0.2, 0.25) is 0 Å². The topological polar surface area (TPSA) is 52.3 Å². The molecule has 3 nitrogen and oxygen atoms in total. The molecule has 0 bridgehead atoms. The normalized spacial score (nSPS) is 12.6. The lowest BCUT2D eigenvalue weighted by Gasteiger charge is -2.05. The van der Waals surface area contributed by atoms with E-state index >= 15 is 0 Å². The highest BCUT2D eigenvalue weighted by atomic mass is 32.2. The quantitative estimate of drug-likeness (QED) is 0.615. The average Bonchev–Trinajstić information content (AvgIpc) is 2.24. The summed E-state index contributed by atoms with van der Waals surface area (Å²) >= 11 is 0. The van der Waals surface area contributed by atoms with Gasteiger partial charge >= 0.3 is 0 Å². The van der Waals surface area contributed by atoms with Gasteiger partial charge in [-0.3, -0.25) is 4.21 Å². The molecule has 0 saturated carbocycles. The van der Waals surface area contributed by atoms with Crippen LogP contribution in [0.3, 0.4) is 0 Å². The fraction of sp³-hybridized carbons (Fsp3) is 0.455. The van der Waals surface area contributed by atoms with Gasteiger partial charge in [-0.05, 0) is 31.5 Å². The lowest BCUT2D eigenvalue weighted by Crippen LogP contribution is -2.05. The van der Waals surface area contributed by atoms with Crippen molar-refractivity contribution in [1.82, 2.24) is 0 Å². The molecule has 0 saturated heterocycles. The number of rotatable bonds is 6. The second-order valence-corrected chi connectivity index (χ2v) is 4.82. The third kappa shape index (κ3) is 3.90. The number of hydrogen-bond acceptors (Lipinski definition) is 3. The Morgan fingerprint density at radius 2 is 2.25 bits per heavy atom. The van der Waals surface area contributed by atoms with Crippen LogP contribution in [0.15, 0.2) is 23.1 Å². The van der Waals surface area contributed by atoms with E-state index in [4.69, 9.17) is 10.5 Å². The van der Waals surface area contributed by atoms with Gasteiger partial charge in [-0.1, -0.05) is 0 Å². The first-order valence-electron chi connectivity index (χ1n) is 5.16. The van der Waals surface area contributed by atoms with Gasteiger partial charge in [0.25, 0.3) is 0 Å². The van der Waals surface area contributed by atoms with Crippen LogP contribution in [0.2, 0.25) is 0 Å². The second kappa shape index (κ2) is 6.60. The molecule has 0 aliphatic rings. The second-order valence-electron chi connectivity index (χ2n) is 3.28. The summed E-state index contributed by atoms with van der Waals surface area (Å²) in [6.45, 7) is 3.16. The monoisotopic (exact) mass is 245 g/mol. The summed E-state index contributed by atoms with van der Waals surface area (Å²) in [6, 6.07) is 3.93. The Hall–Kier alpha value is -0.940. The fourth-order valence-corrected chi connectivity index (χ4v) is 2.41. The largest absolute Gasteiger partial charge is 0.398 e. The smallest absolute Gasteiger partial charge is 0.125 e. The highest BCUT2D eigenvalue weighted by Crippen LogP contribution is 2.18. The zero-order chi connectivity index (χ0) is 12.0. The van der Waals surface area contributed by atoms with Crippen LogP contribution in [0.1, 0.15) is 13.3 Å². The van der Waals surface area contributed by atoms with Crippen LogP contribution in [0.5, 0.6) is 0 Å².